The van der Waals surface area contributed by atoms with E-state index in [4.69, 9.17) is 25.3 Å². The third-order valence-electron chi connectivity index (χ3n) is 11.4. The van der Waals surface area contributed by atoms with Crippen molar-refractivity contribution in [2.45, 2.75) is 63.2 Å². The molecule has 0 saturated carbocycles. The van der Waals surface area contributed by atoms with Gasteiger partial charge < -0.3 is 28.8 Å². The molecule has 5 aromatic carbocycles. The smallest absolute Gasteiger partial charge is 0.316 e. The summed E-state index contributed by atoms with van der Waals surface area (Å²) < 4.78 is 120. The molecule has 2 heterocycles. The molecule has 2 fully saturated rings. The first-order chi connectivity index (χ1) is 32.7. The molecule has 0 aromatic heterocycles. The molecule has 0 bridgehead atoms. The highest BCUT2D eigenvalue weighted by atomic mass is 35.5. The summed E-state index contributed by atoms with van der Waals surface area (Å²) in [5.41, 5.74) is 1.96. The fraction of sp³-hybridized carbons (Fsp3) is 0.391. The molecular weight excluding hydrogens is 1010 g/mol. The summed E-state index contributed by atoms with van der Waals surface area (Å²) in [6, 6.07) is 16.9. The van der Waals surface area contributed by atoms with Crippen LogP contribution in [0.2, 0.25) is 5.02 Å². The molecule has 5 aromatic rings. The molecule has 1 atom stereocenters. The highest BCUT2D eigenvalue weighted by Gasteiger charge is 2.33. The maximum Gasteiger partial charge on any atom is 0.316 e. The van der Waals surface area contributed by atoms with Crippen molar-refractivity contribution in [2.24, 2.45) is 15.6 Å². The number of phenolic OH excluding ortho intramolecular Hbond substituents is 2. The van der Waals surface area contributed by atoms with Gasteiger partial charge in [-0.1, -0.05) is 58.4 Å². The topological polar surface area (TPSA) is 255 Å². The molecule has 0 spiro atoms. The van der Waals surface area contributed by atoms with Crippen LogP contribution in [0, 0.1) is 12.3 Å². The maximum absolute atomic E-state index is 14.1. The number of morpholine rings is 2. The number of rotatable bonds is 16. The highest BCUT2D eigenvalue weighted by Crippen LogP contribution is 2.45. The predicted octanol–water partition coefficient (Wildman–Crippen LogP) is 8.44. The average Bonchev–Trinajstić information content (AvgIpc) is 3.27. The Balaban J connectivity index is 1.19. The van der Waals surface area contributed by atoms with Crippen LogP contribution in [0.5, 0.6) is 17.2 Å². The van der Waals surface area contributed by atoms with Crippen LogP contribution in [0.15, 0.2) is 92.8 Å². The lowest BCUT2D eigenvalue weighted by Gasteiger charge is -2.34. The minimum Gasteiger partial charge on any atom is -0.506 e. The quantitative estimate of drug-likeness (QED) is 0.0460. The van der Waals surface area contributed by atoms with Crippen LogP contribution in [0.1, 0.15) is 52.2 Å². The molecule has 2 aliphatic heterocycles. The number of azo groups is 1. The van der Waals surface area contributed by atoms with Gasteiger partial charge in [0, 0.05) is 43.0 Å². The number of hydrogen-bond acceptors (Lipinski definition) is 15. The first-order valence-electron chi connectivity index (χ1n) is 22.0. The van der Waals surface area contributed by atoms with Gasteiger partial charge in [0.2, 0.25) is 20.0 Å². The van der Waals surface area contributed by atoms with Crippen LogP contribution in [0.25, 0.3) is 10.8 Å². The van der Waals surface area contributed by atoms with Crippen molar-refractivity contribution in [3.05, 3.63) is 88.9 Å². The van der Waals surface area contributed by atoms with Gasteiger partial charge in [-0.15, -0.1) is 5.11 Å². The number of halogens is 1. The normalized spacial score (nSPS) is 16.1. The monoisotopic (exact) mass is 1060 g/mol. The number of sulfonamides is 3. The van der Waals surface area contributed by atoms with Crippen LogP contribution in [0.4, 0.5) is 34.1 Å². The molecule has 70 heavy (non-hydrogen) atoms. The Morgan fingerprint density at radius 1 is 0.800 bits per heavy atom. The molecule has 2 aliphatic rings. The second-order valence-electron chi connectivity index (χ2n) is 18.8. The minimum absolute atomic E-state index is 0.00621. The Kier molecular flexibility index (Phi) is 15.4. The van der Waals surface area contributed by atoms with E-state index in [1.54, 1.807) is 18.2 Å². The lowest BCUT2D eigenvalue weighted by atomic mass is 9.71. The van der Waals surface area contributed by atoms with Crippen molar-refractivity contribution in [3.8, 4) is 17.2 Å². The number of benzene rings is 5. The number of phenols is 2. The minimum atomic E-state index is -4.53. The van der Waals surface area contributed by atoms with E-state index in [0.29, 0.717) is 32.0 Å². The second-order valence-corrected chi connectivity index (χ2v) is 25.3. The Labute approximate surface area is 416 Å². The van der Waals surface area contributed by atoms with Gasteiger partial charge in [-0.3, -0.25) is 14.2 Å². The standard InChI is InChI=1S/C46H56ClN7O12S4/c1-29-23-36(39(55)26-33(29)46(5,6)28-45(2,3)4)50-67(57)66-40-24-31(12-14-38(40)53-15-19-64-20-16-53)51-69(60,61)41-25-30(11-13-34(41)47)48-49-37-27-42(70(62,63)54-17-21-65-22-18-54)44(56)32-9-8-10-35(43(32)37)52-68(7,58)59/h8-14,23-27,50-52,55-56H,15-22,28H2,1-7H3. The van der Waals surface area contributed by atoms with Gasteiger partial charge in [0.15, 0.2) is 5.75 Å². The van der Waals surface area contributed by atoms with Crippen molar-refractivity contribution >= 4 is 97.8 Å². The third kappa shape index (κ3) is 12.2. The summed E-state index contributed by atoms with van der Waals surface area (Å²) in [5.74, 6) is -0.728. The number of aryl methyl sites for hydroxylation is 1. The molecule has 1 unspecified atom stereocenters. The Bertz CT molecular complexity index is 3210. The van der Waals surface area contributed by atoms with E-state index in [0.717, 1.165) is 40.2 Å². The van der Waals surface area contributed by atoms with Crippen LogP contribution >= 0.6 is 11.6 Å². The Morgan fingerprint density at radius 2 is 1.47 bits per heavy atom. The summed E-state index contributed by atoms with van der Waals surface area (Å²) in [5, 5.41) is 30.8. The number of fused-ring (bicyclic) bond motifs is 1. The summed E-state index contributed by atoms with van der Waals surface area (Å²) in [4.78, 5) is 0.990. The van der Waals surface area contributed by atoms with Crippen LogP contribution < -0.4 is 23.2 Å². The van der Waals surface area contributed by atoms with Gasteiger partial charge in [0.25, 0.3) is 10.0 Å². The molecule has 0 aliphatic carbocycles. The molecule has 19 nitrogen and oxygen atoms in total. The predicted molar refractivity (Wildman–Crippen MR) is 272 cm³/mol. The number of aromatic hydroxyl groups is 2. The lowest BCUT2D eigenvalue weighted by molar-refractivity contribution is 0.0730. The van der Waals surface area contributed by atoms with Crippen molar-refractivity contribution in [1.82, 2.24) is 4.31 Å². The van der Waals surface area contributed by atoms with Gasteiger partial charge >= 0.3 is 11.3 Å². The van der Waals surface area contributed by atoms with Crippen molar-refractivity contribution in [1.29, 1.82) is 0 Å². The highest BCUT2D eigenvalue weighted by molar-refractivity contribution is 7.93. The van der Waals surface area contributed by atoms with Crippen molar-refractivity contribution in [3.63, 3.8) is 0 Å². The molecule has 2 saturated heterocycles. The summed E-state index contributed by atoms with van der Waals surface area (Å²) in [6.45, 7) is 14.6. The third-order valence-corrected chi connectivity index (χ3v) is 16.5. The van der Waals surface area contributed by atoms with Crippen LogP contribution in [-0.4, -0.2) is 103 Å². The SMILES string of the molecule is Cc1cc(NS(=O)Oc2cc(NS(=O)(=O)c3cc(N=Nc4cc(S(=O)(=O)N5CCOCC5)c(O)c5cccc(NS(C)(=O)=O)c45)ccc3Cl)ccc2N2CCOCC2)c(O)cc1C(C)(C)CC(C)(C)C. The average molecular weight is 1060 g/mol. The van der Waals surface area contributed by atoms with Gasteiger partial charge in [-0.25, -0.2) is 25.3 Å². The first-order valence-corrected chi connectivity index (χ1v) is 28.3. The number of ether oxygens (including phenoxy) is 2. The zero-order valence-corrected chi connectivity index (χ0v) is 43.6. The van der Waals surface area contributed by atoms with E-state index >= 15 is 0 Å². The van der Waals surface area contributed by atoms with Crippen molar-refractivity contribution in [2.75, 3.05) is 77.9 Å². The van der Waals surface area contributed by atoms with E-state index in [1.165, 1.54) is 42.5 Å². The molecule has 378 valence electrons. The molecule has 0 radical (unpaired) electrons. The zero-order chi connectivity index (χ0) is 51.0. The van der Waals surface area contributed by atoms with Gasteiger partial charge in [0.1, 0.15) is 21.3 Å². The van der Waals surface area contributed by atoms with Gasteiger partial charge in [-0.2, -0.15) is 13.6 Å². The fourth-order valence-corrected chi connectivity index (χ4v) is 13.2. The van der Waals surface area contributed by atoms with Gasteiger partial charge in [0.05, 0.1) is 71.8 Å². The van der Waals surface area contributed by atoms with E-state index < -0.39 is 56.9 Å². The first kappa shape index (κ1) is 52.6. The van der Waals surface area contributed by atoms with E-state index in [2.05, 4.69) is 59.0 Å². The number of nitrogens with one attached hydrogen (secondary N) is 3. The van der Waals surface area contributed by atoms with E-state index in [9.17, 15) is 39.7 Å². The van der Waals surface area contributed by atoms with Crippen LogP contribution in [-0.2, 0) is 56.2 Å². The van der Waals surface area contributed by atoms with E-state index in [1.807, 2.05) is 11.8 Å². The number of anilines is 4. The fourth-order valence-electron chi connectivity index (χ4n) is 8.82. The van der Waals surface area contributed by atoms with Gasteiger partial charge in [-0.05, 0) is 89.9 Å². The molecule has 0 amide bonds. The Morgan fingerprint density at radius 3 is 2.13 bits per heavy atom. The molecule has 24 heteroatoms. The number of nitrogens with zero attached hydrogens (tertiary/aromatic N) is 4. The summed E-state index contributed by atoms with van der Waals surface area (Å²) >= 11 is 4.21. The number of hydrogen-bond donors (Lipinski definition) is 5. The maximum atomic E-state index is 14.1. The second kappa shape index (κ2) is 20.5. The molecule has 5 N–H and O–H groups in total. The summed E-state index contributed by atoms with van der Waals surface area (Å²) in [6.07, 6.45) is 1.76. The lowest BCUT2D eigenvalue weighted by Crippen LogP contribution is -2.40. The van der Waals surface area contributed by atoms with E-state index in [-0.39, 0.29) is 92.9 Å². The summed E-state index contributed by atoms with van der Waals surface area (Å²) in [7, 11) is -12.8. The van der Waals surface area contributed by atoms with Crippen LogP contribution in [0.3, 0.4) is 0 Å². The largest absolute Gasteiger partial charge is 0.506 e. The van der Waals surface area contributed by atoms with Crippen molar-refractivity contribution < 1.29 is 53.3 Å². The Hall–Kier alpha value is -5.27. The zero-order valence-electron chi connectivity index (χ0n) is 39.6. The molecular formula is C46H56ClN7O12S4. The molecule has 7 rings (SSSR count).